The average Bonchev–Trinajstić information content (AvgIpc) is 2.37. The van der Waals surface area contributed by atoms with Crippen molar-refractivity contribution in [2.75, 3.05) is 40.0 Å². The molecule has 4 nitrogen and oxygen atoms in total. The molecule has 0 atom stereocenters. The molecule has 0 aliphatic carbocycles. The highest BCUT2D eigenvalue weighted by atomic mass is 16.5. The van der Waals surface area contributed by atoms with Crippen molar-refractivity contribution in [3.8, 4) is 0 Å². The predicted molar refractivity (Wildman–Crippen MR) is 70.6 cm³/mol. The lowest BCUT2D eigenvalue weighted by Crippen LogP contribution is -2.35. The van der Waals surface area contributed by atoms with Gasteiger partial charge >= 0.3 is 0 Å². The van der Waals surface area contributed by atoms with Gasteiger partial charge in [-0.1, -0.05) is 30.3 Å². The van der Waals surface area contributed by atoms with Gasteiger partial charge in [-0.2, -0.15) is 0 Å². The molecule has 18 heavy (non-hydrogen) atoms. The van der Waals surface area contributed by atoms with Crippen LogP contribution in [0.5, 0.6) is 0 Å². The number of nitrogens with zero attached hydrogens (tertiary/aromatic N) is 1. The van der Waals surface area contributed by atoms with Gasteiger partial charge in [0.15, 0.2) is 5.78 Å². The molecule has 1 aromatic carbocycles. The van der Waals surface area contributed by atoms with Crippen LogP contribution in [0.25, 0.3) is 0 Å². The summed E-state index contributed by atoms with van der Waals surface area (Å²) in [4.78, 5) is 13.8. The summed E-state index contributed by atoms with van der Waals surface area (Å²) in [5, 5.41) is 8.94. The van der Waals surface area contributed by atoms with Crippen LogP contribution < -0.4 is 0 Å². The van der Waals surface area contributed by atoms with E-state index in [1.54, 1.807) is 7.11 Å². The molecule has 4 heteroatoms. The van der Waals surface area contributed by atoms with Crippen molar-refractivity contribution < 1.29 is 14.6 Å². The Hall–Kier alpha value is -1.23. The molecule has 0 saturated heterocycles. The summed E-state index contributed by atoms with van der Waals surface area (Å²) in [5.74, 6) is 0.158. The van der Waals surface area contributed by atoms with Crippen LogP contribution in [0.15, 0.2) is 30.3 Å². The lowest BCUT2D eigenvalue weighted by atomic mass is 10.1. The summed E-state index contributed by atoms with van der Waals surface area (Å²) in [6.45, 7) is 2.15. The molecular weight excluding hydrogens is 230 g/mol. The zero-order valence-corrected chi connectivity index (χ0v) is 10.8. The number of Topliss-reactive ketones (excluding diaryl/α,β-unsaturated/α-hetero) is 1. The van der Waals surface area contributed by atoms with E-state index in [0.717, 1.165) is 5.56 Å². The molecule has 0 aliphatic heterocycles. The fourth-order valence-electron chi connectivity index (χ4n) is 1.76. The van der Waals surface area contributed by atoms with Crippen LogP contribution in [0.4, 0.5) is 0 Å². The molecule has 0 bridgehead atoms. The molecule has 0 saturated carbocycles. The molecule has 0 radical (unpaired) electrons. The fourth-order valence-corrected chi connectivity index (χ4v) is 1.76. The van der Waals surface area contributed by atoms with Gasteiger partial charge in [0, 0.05) is 26.6 Å². The van der Waals surface area contributed by atoms with Crippen molar-refractivity contribution in [3.05, 3.63) is 35.9 Å². The summed E-state index contributed by atoms with van der Waals surface area (Å²) in [5.41, 5.74) is 1.03. The molecule has 0 unspecified atom stereocenters. The molecule has 0 spiro atoms. The monoisotopic (exact) mass is 251 g/mol. The molecule has 0 aliphatic rings. The second-order valence-electron chi connectivity index (χ2n) is 4.19. The van der Waals surface area contributed by atoms with Crippen LogP contribution in [-0.2, 0) is 16.0 Å². The minimum atomic E-state index is 0.0579. The number of aliphatic hydroxyl groups is 1. The highest BCUT2D eigenvalue weighted by Gasteiger charge is 2.10. The Labute approximate surface area is 108 Å². The number of rotatable bonds is 9. The second-order valence-corrected chi connectivity index (χ2v) is 4.19. The topological polar surface area (TPSA) is 49.8 Å². The Morgan fingerprint density at radius 1 is 1.28 bits per heavy atom. The smallest absolute Gasteiger partial charge is 0.151 e. The summed E-state index contributed by atoms with van der Waals surface area (Å²) >= 11 is 0. The van der Waals surface area contributed by atoms with Crippen molar-refractivity contribution >= 4 is 5.78 Å². The Balaban J connectivity index is 2.40. The number of carbonyl (C=O) groups excluding carboxylic acids is 1. The first-order valence-corrected chi connectivity index (χ1v) is 6.14. The maximum atomic E-state index is 11.9. The standard InChI is InChI=1S/C14H21NO3/c1-18-10-8-15(7-9-16)12-14(17)11-13-5-3-2-4-6-13/h2-6,16H,7-12H2,1H3. The SMILES string of the molecule is COCCN(CCO)CC(=O)Cc1ccccc1. The number of benzene rings is 1. The van der Waals surface area contributed by atoms with Crippen molar-refractivity contribution in [1.82, 2.24) is 4.90 Å². The Bertz CT molecular complexity index is 340. The van der Waals surface area contributed by atoms with E-state index in [2.05, 4.69) is 0 Å². The van der Waals surface area contributed by atoms with Gasteiger partial charge in [0.2, 0.25) is 0 Å². The van der Waals surface area contributed by atoms with Crippen molar-refractivity contribution in [2.45, 2.75) is 6.42 Å². The van der Waals surface area contributed by atoms with Gasteiger partial charge in [-0.05, 0) is 5.56 Å². The van der Waals surface area contributed by atoms with Gasteiger partial charge in [-0.15, -0.1) is 0 Å². The van der Waals surface area contributed by atoms with E-state index in [-0.39, 0.29) is 12.4 Å². The Morgan fingerprint density at radius 2 is 2.00 bits per heavy atom. The Morgan fingerprint density at radius 3 is 2.61 bits per heavy atom. The third kappa shape index (κ3) is 5.91. The van der Waals surface area contributed by atoms with Crippen molar-refractivity contribution in [3.63, 3.8) is 0 Å². The molecule has 1 N–H and O–H groups in total. The highest BCUT2D eigenvalue weighted by molar-refractivity contribution is 5.82. The third-order valence-electron chi connectivity index (χ3n) is 2.67. The van der Waals surface area contributed by atoms with Gasteiger partial charge in [0.05, 0.1) is 19.8 Å². The van der Waals surface area contributed by atoms with Crippen LogP contribution in [-0.4, -0.2) is 55.7 Å². The molecule has 1 aromatic rings. The van der Waals surface area contributed by atoms with Gasteiger partial charge in [0.25, 0.3) is 0 Å². The first kappa shape index (κ1) is 14.8. The maximum absolute atomic E-state index is 11.9. The number of ether oxygens (including phenoxy) is 1. The van der Waals surface area contributed by atoms with Crippen LogP contribution in [0.1, 0.15) is 5.56 Å². The first-order valence-electron chi connectivity index (χ1n) is 6.14. The second kappa shape index (κ2) is 8.80. The Kier molecular flexibility index (Phi) is 7.25. The zero-order valence-electron chi connectivity index (χ0n) is 10.8. The molecular formula is C14H21NO3. The summed E-state index contributed by atoms with van der Waals surface area (Å²) in [6.07, 6.45) is 0.440. The number of carbonyl (C=O) groups is 1. The lowest BCUT2D eigenvalue weighted by molar-refractivity contribution is -0.119. The number of hydrogen-bond acceptors (Lipinski definition) is 4. The minimum Gasteiger partial charge on any atom is -0.395 e. The molecule has 0 aromatic heterocycles. The van der Waals surface area contributed by atoms with Gasteiger partial charge in [0.1, 0.15) is 0 Å². The third-order valence-corrected chi connectivity index (χ3v) is 2.67. The highest BCUT2D eigenvalue weighted by Crippen LogP contribution is 2.01. The molecule has 100 valence electrons. The normalized spacial score (nSPS) is 10.8. The molecule has 0 fully saturated rings. The van der Waals surface area contributed by atoms with Crippen LogP contribution in [0, 0.1) is 0 Å². The number of aliphatic hydroxyl groups excluding tert-OH is 1. The summed E-state index contributed by atoms with van der Waals surface area (Å²) in [6, 6.07) is 9.69. The average molecular weight is 251 g/mol. The van der Waals surface area contributed by atoms with E-state index in [4.69, 9.17) is 9.84 Å². The van der Waals surface area contributed by atoms with Gasteiger partial charge < -0.3 is 9.84 Å². The predicted octanol–water partition coefficient (Wildman–Crippen LogP) is 0.739. The quantitative estimate of drug-likeness (QED) is 0.703. The fraction of sp³-hybridized carbons (Fsp3) is 0.500. The van der Waals surface area contributed by atoms with E-state index in [0.29, 0.717) is 32.7 Å². The summed E-state index contributed by atoms with van der Waals surface area (Å²) in [7, 11) is 1.63. The molecule has 1 rings (SSSR count). The first-order chi connectivity index (χ1) is 8.76. The lowest BCUT2D eigenvalue weighted by Gasteiger charge is -2.19. The van der Waals surface area contributed by atoms with E-state index in [9.17, 15) is 4.79 Å². The van der Waals surface area contributed by atoms with Gasteiger partial charge in [-0.25, -0.2) is 0 Å². The van der Waals surface area contributed by atoms with Gasteiger partial charge in [-0.3, -0.25) is 9.69 Å². The minimum absolute atomic E-state index is 0.0579. The van der Waals surface area contributed by atoms with E-state index >= 15 is 0 Å². The molecule has 0 amide bonds. The van der Waals surface area contributed by atoms with E-state index in [1.165, 1.54) is 0 Å². The number of methoxy groups -OCH3 is 1. The van der Waals surface area contributed by atoms with E-state index in [1.807, 2.05) is 35.2 Å². The van der Waals surface area contributed by atoms with Crippen LogP contribution in [0.3, 0.4) is 0 Å². The van der Waals surface area contributed by atoms with E-state index < -0.39 is 0 Å². The number of ketones is 1. The maximum Gasteiger partial charge on any atom is 0.151 e. The van der Waals surface area contributed by atoms with Crippen LogP contribution in [0.2, 0.25) is 0 Å². The number of hydrogen-bond donors (Lipinski definition) is 1. The summed E-state index contributed by atoms with van der Waals surface area (Å²) < 4.78 is 4.98. The van der Waals surface area contributed by atoms with Crippen molar-refractivity contribution in [2.24, 2.45) is 0 Å². The largest absolute Gasteiger partial charge is 0.395 e. The molecule has 0 heterocycles. The van der Waals surface area contributed by atoms with Crippen molar-refractivity contribution in [1.29, 1.82) is 0 Å². The van der Waals surface area contributed by atoms with Crippen LogP contribution >= 0.6 is 0 Å². The zero-order chi connectivity index (χ0) is 13.2.